The van der Waals surface area contributed by atoms with Gasteiger partial charge in [-0.05, 0) is 0 Å². The molecule has 0 aliphatic rings. The van der Waals surface area contributed by atoms with Crippen molar-refractivity contribution in [2.45, 2.75) is 29.9 Å². The molecule has 0 aromatic carbocycles. The summed E-state index contributed by atoms with van der Waals surface area (Å²) < 4.78 is 102. The second-order valence-electron chi connectivity index (χ2n) is 2.77. The molecule has 0 N–H and O–H groups in total. The van der Waals surface area contributed by atoms with Crippen molar-refractivity contribution in [2.75, 3.05) is 0 Å². The highest BCUT2D eigenvalue weighted by atomic mass is 32.2. The fraction of sp³-hybridized carbons (Fsp3) is 1.00. The van der Waals surface area contributed by atoms with Crippen molar-refractivity contribution in [3.63, 3.8) is 0 Å². The lowest BCUT2D eigenvalue weighted by molar-refractivity contribution is -0.777. The molecule has 0 rings (SSSR count). The van der Waals surface area contributed by atoms with E-state index in [0.717, 1.165) is 0 Å². The molecule has 0 unspecified atom stereocenters. The smallest absolute Gasteiger partial charge is 0.390 e. The van der Waals surface area contributed by atoms with E-state index < -0.39 is 42.0 Å². The number of halogens is 8. The number of hydrogen-bond acceptors (Lipinski definition) is 4. The highest BCUT2D eigenvalue weighted by Gasteiger charge is 2.80. The Morgan fingerprint density at radius 3 is 1.59 bits per heavy atom. The molecule has 0 fully saturated rings. The first-order chi connectivity index (χ1) is 7.31. The van der Waals surface area contributed by atoms with Gasteiger partial charge >= 0.3 is 23.0 Å². The van der Waals surface area contributed by atoms with Crippen LogP contribution in [0.15, 0.2) is 0 Å². The van der Waals surface area contributed by atoms with Crippen LogP contribution in [0.2, 0.25) is 0 Å². The van der Waals surface area contributed by atoms with Gasteiger partial charge in [0.05, 0.1) is 0 Å². The second-order valence-corrected chi connectivity index (χ2v) is 3.59. The maximum absolute atomic E-state index is 12.6. The summed E-state index contributed by atoms with van der Waals surface area (Å²) in [6, 6.07) is 0. The quantitative estimate of drug-likeness (QED) is 0.326. The van der Waals surface area contributed by atoms with Gasteiger partial charge in [0, 0.05) is 6.92 Å². The van der Waals surface area contributed by atoms with Crippen LogP contribution in [-0.4, -0.2) is 23.0 Å². The summed E-state index contributed by atoms with van der Waals surface area (Å²) >= 11 is -1.80. The topological polar surface area (TPSA) is 41.5 Å². The average molecular weight is 295 g/mol. The molecule has 0 heterocycles. The zero-order valence-corrected chi connectivity index (χ0v) is 8.47. The lowest BCUT2D eigenvalue weighted by Crippen LogP contribution is -2.60. The van der Waals surface area contributed by atoms with Gasteiger partial charge in [-0.3, -0.25) is 5.04 Å². The lowest BCUT2D eigenvalue weighted by Gasteiger charge is -2.34. The molecule has 12 heteroatoms. The Morgan fingerprint density at radius 1 is 0.882 bits per heavy atom. The predicted molar refractivity (Wildman–Crippen MR) is 35.2 cm³/mol. The van der Waals surface area contributed by atoms with E-state index in [0.29, 0.717) is 0 Å². The summed E-state index contributed by atoms with van der Waals surface area (Å²) in [7, 11) is 0. The Balaban J connectivity index is 5.24. The summed E-state index contributed by atoms with van der Waals surface area (Å²) in [5.41, 5.74) is 0. The number of hydrogen-bond donors (Lipinski definition) is 0. The minimum atomic E-state index is -6.47. The highest BCUT2D eigenvalue weighted by molar-refractivity contribution is 7.95. The van der Waals surface area contributed by atoms with Gasteiger partial charge < -0.3 is 5.26 Å². The molecule has 0 aliphatic heterocycles. The van der Waals surface area contributed by atoms with Crippen molar-refractivity contribution in [1.29, 1.82) is 0 Å². The maximum atomic E-state index is 12.6. The Morgan fingerprint density at radius 2 is 1.29 bits per heavy atom. The molecule has 0 amide bonds. The molecule has 0 aliphatic carbocycles. The molecule has 0 bridgehead atoms. The molecule has 0 aromatic rings. The van der Waals surface area contributed by atoms with Crippen LogP contribution in [0.4, 0.5) is 35.1 Å². The molecule has 0 aromatic heterocycles. The molecule has 0 saturated carbocycles. The first kappa shape index (κ1) is 16.7. The van der Waals surface area contributed by atoms with Crippen LogP contribution in [0.3, 0.4) is 0 Å². The Hall–Kier alpha value is -0.330. The van der Waals surface area contributed by atoms with Crippen LogP contribution in [0.1, 0.15) is 6.92 Å². The third kappa shape index (κ3) is 2.92. The standard InChI is InChI=1S/C5H4F8O3S/c1-2(6,7)3(8,9)4(10,11)5(12,13)17-16-15-14/h14H,1H3/p-1. The summed E-state index contributed by atoms with van der Waals surface area (Å²) in [5.74, 6) is -18.2. The molecule has 0 radical (unpaired) electrons. The van der Waals surface area contributed by atoms with Crippen LogP contribution in [-0.2, 0) is 9.37 Å². The van der Waals surface area contributed by atoms with Crippen molar-refractivity contribution in [3.05, 3.63) is 0 Å². The van der Waals surface area contributed by atoms with Gasteiger partial charge in [0.25, 0.3) is 0 Å². The number of rotatable bonds is 6. The van der Waals surface area contributed by atoms with E-state index >= 15 is 0 Å². The Bertz CT molecular complexity index is 264. The van der Waals surface area contributed by atoms with Gasteiger partial charge in [0.15, 0.2) is 0 Å². The molecule has 0 spiro atoms. The van der Waals surface area contributed by atoms with E-state index in [2.05, 4.69) is 9.37 Å². The SMILES string of the molecule is CC(F)(F)C(F)(F)C(F)(F)C(F)(F)SOO[O-]. The molecule has 104 valence electrons. The van der Waals surface area contributed by atoms with E-state index in [4.69, 9.17) is 5.26 Å². The van der Waals surface area contributed by atoms with Crippen LogP contribution in [0.25, 0.3) is 0 Å². The molecule has 0 saturated heterocycles. The third-order valence-electron chi connectivity index (χ3n) is 1.48. The van der Waals surface area contributed by atoms with E-state index in [9.17, 15) is 35.1 Å². The van der Waals surface area contributed by atoms with Gasteiger partial charge in [-0.15, -0.1) is 0 Å². The Kier molecular flexibility index (Phi) is 4.65. The molecular weight excluding hydrogens is 292 g/mol. The lowest BCUT2D eigenvalue weighted by atomic mass is 10.1. The third-order valence-corrected chi connectivity index (χ3v) is 2.07. The first-order valence-corrected chi connectivity index (χ1v) is 4.21. The predicted octanol–water partition coefficient (Wildman–Crippen LogP) is 2.38. The average Bonchev–Trinajstić information content (AvgIpc) is 2.12. The zero-order chi connectivity index (χ0) is 14.1. The molecule has 0 atom stereocenters. The largest absolute Gasteiger partial charge is 0.691 e. The molecule has 3 nitrogen and oxygen atoms in total. The zero-order valence-electron chi connectivity index (χ0n) is 7.66. The van der Waals surface area contributed by atoms with Crippen molar-refractivity contribution in [1.82, 2.24) is 0 Å². The van der Waals surface area contributed by atoms with Gasteiger partial charge in [0.2, 0.25) is 0 Å². The van der Waals surface area contributed by atoms with E-state index in [1.165, 1.54) is 0 Å². The van der Waals surface area contributed by atoms with Gasteiger partial charge in [-0.1, -0.05) is 0 Å². The van der Waals surface area contributed by atoms with Crippen LogP contribution in [0, 0.1) is 0 Å². The van der Waals surface area contributed by atoms with Gasteiger partial charge in [-0.2, -0.15) is 39.5 Å². The normalized spacial score (nSPS) is 15.2. The van der Waals surface area contributed by atoms with Crippen LogP contribution >= 0.6 is 12.0 Å². The van der Waals surface area contributed by atoms with Crippen molar-refractivity contribution < 1.29 is 49.8 Å². The summed E-state index contributed by atoms with van der Waals surface area (Å²) in [4.78, 5) is 0. The highest BCUT2D eigenvalue weighted by Crippen LogP contribution is 2.56. The number of alkyl halides is 8. The van der Waals surface area contributed by atoms with Gasteiger partial charge in [0.1, 0.15) is 12.0 Å². The minimum Gasteiger partial charge on any atom is -0.691 e. The van der Waals surface area contributed by atoms with E-state index in [1.807, 2.05) is 0 Å². The van der Waals surface area contributed by atoms with Gasteiger partial charge in [-0.25, -0.2) is 0 Å². The Labute approximate surface area is 92.7 Å². The fourth-order valence-corrected chi connectivity index (χ4v) is 0.913. The van der Waals surface area contributed by atoms with E-state index in [1.54, 1.807) is 0 Å². The minimum absolute atomic E-state index is 0.660. The van der Waals surface area contributed by atoms with Crippen molar-refractivity contribution in [3.8, 4) is 0 Å². The molecule has 17 heavy (non-hydrogen) atoms. The monoisotopic (exact) mass is 295 g/mol. The van der Waals surface area contributed by atoms with Crippen LogP contribution in [0.5, 0.6) is 0 Å². The maximum Gasteiger partial charge on any atom is 0.390 e. The van der Waals surface area contributed by atoms with Crippen molar-refractivity contribution >= 4 is 12.0 Å². The summed E-state index contributed by atoms with van der Waals surface area (Å²) in [6.07, 6.45) is 0. The van der Waals surface area contributed by atoms with E-state index in [-0.39, 0.29) is 0 Å². The first-order valence-electron chi connectivity index (χ1n) is 3.47. The van der Waals surface area contributed by atoms with Crippen LogP contribution < -0.4 is 5.26 Å². The molecular formula is C5H3F8O3S-. The van der Waals surface area contributed by atoms with Crippen molar-refractivity contribution in [2.24, 2.45) is 0 Å². The second kappa shape index (κ2) is 4.74. The fourth-order valence-electron chi connectivity index (χ4n) is 0.567. The summed E-state index contributed by atoms with van der Waals surface area (Å²) in [6.45, 7) is -0.660. The summed E-state index contributed by atoms with van der Waals surface area (Å²) in [5, 5.41) is 5.53.